The zero-order valence-corrected chi connectivity index (χ0v) is 20.2. The topological polar surface area (TPSA) is 75.4 Å². The van der Waals surface area contributed by atoms with Gasteiger partial charge in [0.05, 0.1) is 16.5 Å². The molecule has 0 aliphatic carbocycles. The highest BCUT2D eigenvalue weighted by Gasteiger charge is 2.23. The summed E-state index contributed by atoms with van der Waals surface area (Å²) >= 11 is 0. The van der Waals surface area contributed by atoms with Gasteiger partial charge in [0, 0.05) is 39.3 Å². The molecular weight excluding hydrogens is 456 g/mol. The van der Waals surface area contributed by atoms with Gasteiger partial charge in [-0.1, -0.05) is 36.4 Å². The number of rotatable bonds is 5. The summed E-state index contributed by atoms with van der Waals surface area (Å²) in [4.78, 5) is 18.1. The van der Waals surface area contributed by atoms with Gasteiger partial charge >= 0.3 is 0 Å². The van der Waals surface area contributed by atoms with E-state index in [-0.39, 0.29) is 18.0 Å². The van der Waals surface area contributed by atoms with Crippen LogP contribution in [0.4, 0.5) is 0 Å². The van der Waals surface area contributed by atoms with Gasteiger partial charge in [0.25, 0.3) is 0 Å². The summed E-state index contributed by atoms with van der Waals surface area (Å²) in [5, 5.41) is 11.2. The lowest BCUT2D eigenvalue weighted by Crippen LogP contribution is -2.45. The SMILES string of the molecule is Cc1oc2c(CN3CCN(Cc4ccc5c(c4)OCO5)CC3)c(O)ccc2c(=O)c1-c1ccccc1. The van der Waals surface area contributed by atoms with Crippen molar-refractivity contribution in [1.29, 1.82) is 0 Å². The van der Waals surface area contributed by atoms with Gasteiger partial charge in [-0.15, -0.1) is 0 Å². The molecule has 0 amide bonds. The first-order valence-electron chi connectivity index (χ1n) is 12.2. The fourth-order valence-corrected chi connectivity index (χ4v) is 5.13. The van der Waals surface area contributed by atoms with Crippen LogP contribution in [0.3, 0.4) is 0 Å². The predicted octanol–water partition coefficient (Wildman–Crippen LogP) is 4.52. The quantitative estimate of drug-likeness (QED) is 0.446. The van der Waals surface area contributed by atoms with E-state index in [4.69, 9.17) is 13.9 Å². The van der Waals surface area contributed by atoms with Crippen molar-refractivity contribution in [3.8, 4) is 28.4 Å². The molecule has 36 heavy (non-hydrogen) atoms. The molecule has 0 spiro atoms. The Morgan fingerprint density at radius 1 is 0.861 bits per heavy atom. The molecule has 1 fully saturated rings. The van der Waals surface area contributed by atoms with E-state index < -0.39 is 0 Å². The molecule has 0 atom stereocenters. The molecule has 3 aromatic carbocycles. The van der Waals surface area contributed by atoms with Crippen LogP contribution in [0, 0.1) is 6.92 Å². The fourth-order valence-electron chi connectivity index (χ4n) is 5.13. The maximum Gasteiger partial charge on any atom is 0.231 e. The number of hydrogen-bond acceptors (Lipinski definition) is 7. The van der Waals surface area contributed by atoms with Crippen molar-refractivity contribution >= 4 is 11.0 Å². The largest absolute Gasteiger partial charge is 0.507 e. The molecule has 0 saturated carbocycles. The van der Waals surface area contributed by atoms with E-state index in [1.165, 1.54) is 5.56 Å². The van der Waals surface area contributed by atoms with Crippen molar-refractivity contribution in [1.82, 2.24) is 9.80 Å². The predicted molar refractivity (Wildman–Crippen MR) is 137 cm³/mol. The number of nitrogens with zero attached hydrogens (tertiary/aromatic N) is 2. The number of aryl methyl sites for hydroxylation is 1. The Morgan fingerprint density at radius 2 is 1.58 bits per heavy atom. The summed E-state index contributed by atoms with van der Waals surface area (Å²) in [7, 11) is 0. The minimum absolute atomic E-state index is 0.0743. The Labute approximate surface area is 209 Å². The zero-order chi connectivity index (χ0) is 24.6. The number of benzene rings is 3. The molecule has 6 rings (SSSR count). The van der Waals surface area contributed by atoms with E-state index in [9.17, 15) is 9.90 Å². The Morgan fingerprint density at radius 3 is 2.36 bits per heavy atom. The highest BCUT2D eigenvalue weighted by molar-refractivity contribution is 5.86. The lowest BCUT2D eigenvalue weighted by atomic mass is 10.0. The first-order valence-corrected chi connectivity index (χ1v) is 12.2. The van der Waals surface area contributed by atoms with Crippen molar-refractivity contribution in [2.75, 3.05) is 33.0 Å². The van der Waals surface area contributed by atoms with E-state index >= 15 is 0 Å². The van der Waals surface area contributed by atoms with E-state index in [2.05, 4.69) is 21.9 Å². The number of aromatic hydroxyl groups is 1. The maximum absolute atomic E-state index is 13.4. The van der Waals surface area contributed by atoms with Gasteiger partial charge in [-0.2, -0.15) is 0 Å². The molecule has 1 saturated heterocycles. The van der Waals surface area contributed by atoms with Gasteiger partial charge in [-0.05, 0) is 42.3 Å². The third kappa shape index (κ3) is 4.21. The summed E-state index contributed by atoms with van der Waals surface area (Å²) in [5.74, 6) is 2.32. The van der Waals surface area contributed by atoms with Gasteiger partial charge in [0.1, 0.15) is 17.1 Å². The molecule has 184 valence electrons. The minimum Gasteiger partial charge on any atom is -0.507 e. The van der Waals surface area contributed by atoms with Crippen LogP contribution in [0.2, 0.25) is 0 Å². The molecule has 7 heteroatoms. The second-order valence-corrected chi connectivity index (χ2v) is 9.41. The summed E-state index contributed by atoms with van der Waals surface area (Å²) < 4.78 is 17.1. The Bertz CT molecular complexity index is 1470. The van der Waals surface area contributed by atoms with E-state index in [1.807, 2.05) is 43.3 Å². The van der Waals surface area contributed by atoms with Gasteiger partial charge < -0.3 is 19.0 Å². The van der Waals surface area contributed by atoms with E-state index in [1.54, 1.807) is 12.1 Å². The second-order valence-electron chi connectivity index (χ2n) is 9.41. The first kappa shape index (κ1) is 22.6. The second kappa shape index (κ2) is 9.33. The Kier molecular flexibility index (Phi) is 5.87. The lowest BCUT2D eigenvalue weighted by molar-refractivity contribution is 0.121. The maximum atomic E-state index is 13.4. The molecule has 1 N–H and O–H groups in total. The smallest absolute Gasteiger partial charge is 0.231 e. The third-order valence-corrected chi connectivity index (χ3v) is 7.07. The van der Waals surface area contributed by atoms with E-state index in [0.717, 1.165) is 49.8 Å². The third-order valence-electron chi connectivity index (χ3n) is 7.07. The lowest BCUT2D eigenvalue weighted by Gasteiger charge is -2.34. The van der Waals surface area contributed by atoms with Crippen LogP contribution in [0.25, 0.3) is 22.1 Å². The monoisotopic (exact) mass is 484 g/mol. The summed E-state index contributed by atoms with van der Waals surface area (Å²) in [6.07, 6.45) is 0. The van der Waals surface area contributed by atoms with Crippen LogP contribution >= 0.6 is 0 Å². The van der Waals surface area contributed by atoms with Crippen LogP contribution in [0.5, 0.6) is 17.2 Å². The molecular formula is C29H28N2O5. The van der Waals surface area contributed by atoms with Crippen molar-refractivity contribution < 1.29 is 19.0 Å². The van der Waals surface area contributed by atoms with Crippen LogP contribution in [-0.4, -0.2) is 47.9 Å². The molecule has 2 aliphatic rings. The minimum atomic E-state index is -0.0743. The number of piperazine rings is 1. The number of phenolic OH excluding ortho intramolecular Hbond substituents is 1. The number of ether oxygens (including phenoxy) is 2. The van der Waals surface area contributed by atoms with Crippen molar-refractivity contribution in [3.63, 3.8) is 0 Å². The molecule has 2 aliphatic heterocycles. The van der Waals surface area contributed by atoms with Gasteiger partial charge in [0.15, 0.2) is 11.5 Å². The molecule has 0 unspecified atom stereocenters. The van der Waals surface area contributed by atoms with Crippen LogP contribution in [0.15, 0.2) is 69.9 Å². The molecule has 7 nitrogen and oxygen atoms in total. The molecule has 0 bridgehead atoms. The number of hydrogen-bond donors (Lipinski definition) is 1. The molecule has 4 aromatic rings. The summed E-state index contributed by atoms with van der Waals surface area (Å²) in [6.45, 7) is 6.98. The summed E-state index contributed by atoms with van der Waals surface area (Å²) in [6, 6.07) is 18.9. The van der Waals surface area contributed by atoms with Crippen molar-refractivity contribution in [2.24, 2.45) is 0 Å². The average Bonchev–Trinajstić information content (AvgIpc) is 3.36. The van der Waals surface area contributed by atoms with E-state index in [0.29, 0.717) is 34.4 Å². The Balaban J connectivity index is 1.20. The molecule has 0 radical (unpaired) electrons. The first-order chi connectivity index (χ1) is 17.6. The van der Waals surface area contributed by atoms with Crippen molar-refractivity contribution in [3.05, 3.63) is 87.8 Å². The van der Waals surface area contributed by atoms with Crippen LogP contribution in [0.1, 0.15) is 16.9 Å². The van der Waals surface area contributed by atoms with Gasteiger partial charge in [-0.25, -0.2) is 0 Å². The van der Waals surface area contributed by atoms with Crippen molar-refractivity contribution in [2.45, 2.75) is 20.0 Å². The van der Waals surface area contributed by atoms with Crippen LogP contribution < -0.4 is 14.9 Å². The average molecular weight is 485 g/mol. The molecule has 3 heterocycles. The highest BCUT2D eigenvalue weighted by atomic mass is 16.7. The zero-order valence-electron chi connectivity index (χ0n) is 20.2. The highest BCUT2D eigenvalue weighted by Crippen LogP contribution is 2.33. The fraction of sp³-hybridized carbons (Fsp3) is 0.276. The summed E-state index contributed by atoms with van der Waals surface area (Å²) in [5.41, 5.74) is 3.66. The number of phenols is 1. The van der Waals surface area contributed by atoms with Crippen LogP contribution in [-0.2, 0) is 13.1 Å². The molecule has 1 aromatic heterocycles. The Hall–Kier alpha value is -3.81. The van der Waals surface area contributed by atoms with Gasteiger partial charge in [-0.3, -0.25) is 14.6 Å². The van der Waals surface area contributed by atoms with Gasteiger partial charge in [0.2, 0.25) is 12.2 Å². The standard InChI is InChI=1S/C29H28N2O5/c1-19-27(21-5-3-2-4-6-21)28(33)22-8-9-24(32)23(29(22)36-19)17-31-13-11-30(12-14-31)16-20-7-10-25-26(15-20)35-18-34-25/h2-10,15,32H,11-14,16-18H2,1H3. The normalized spacial score (nSPS) is 16.0. The number of fused-ring (bicyclic) bond motifs is 2.